The summed E-state index contributed by atoms with van der Waals surface area (Å²) >= 11 is 0. The highest BCUT2D eigenvalue weighted by molar-refractivity contribution is 4.71. The third-order valence-electron chi connectivity index (χ3n) is 2.25. The van der Waals surface area contributed by atoms with Crippen molar-refractivity contribution >= 4 is 0 Å². The molecule has 0 aliphatic rings. The predicted octanol–water partition coefficient (Wildman–Crippen LogP) is 3.36. The quantitative estimate of drug-likeness (QED) is 0.594. The van der Waals surface area contributed by atoms with Crippen molar-refractivity contribution in [1.82, 2.24) is 0 Å². The minimum atomic E-state index is 0.720. The van der Waals surface area contributed by atoms with Crippen LogP contribution in [0.5, 0.6) is 0 Å². The van der Waals surface area contributed by atoms with Crippen molar-refractivity contribution in [3.05, 3.63) is 0 Å². The molecule has 0 bridgehead atoms. The van der Waals surface area contributed by atoms with E-state index in [2.05, 4.69) is 26.8 Å². The van der Waals surface area contributed by atoms with Crippen molar-refractivity contribution < 1.29 is 0 Å². The average molecular weight is 153 g/mol. The first-order valence-electron chi connectivity index (χ1n) is 4.57. The molecule has 0 aromatic heterocycles. The standard InChI is InChI=1S/C10H19N/c1-4-9(2)8-10(3)6-5-7-11/h9-10H,4-6,8H2,1-3H3. The monoisotopic (exact) mass is 153 g/mol. The highest BCUT2D eigenvalue weighted by Crippen LogP contribution is 2.18. The Kier molecular flexibility index (Phi) is 5.93. The number of hydrogen-bond donors (Lipinski definition) is 0. The molecule has 0 fully saturated rings. The summed E-state index contributed by atoms with van der Waals surface area (Å²) < 4.78 is 0. The smallest absolute Gasteiger partial charge is 0.0621 e. The van der Waals surface area contributed by atoms with Gasteiger partial charge in [0, 0.05) is 6.42 Å². The van der Waals surface area contributed by atoms with E-state index in [9.17, 15) is 0 Å². The van der Waals surface area contributed by atoms with Gasteiger partial charge in [0.2, 0.25) is 0 Å². The van der Waals surface area contributed by atoms with E-state index in [0.29, 0.717) is 0 Å². The molecule has 0 amide bonds. The molecule has 0 aliphatic carbocycles. The molecule has 0 rings (SSSR count). The fraction of sp³-hybridized carbons (Fsp3) is 0.900. The molecular weight excluding hydrogens is 134 g/mol. The van der Waals surface area contributed by atoms with Gasteiger partial charge >= 0.3 is 0 Å². The summed E-state index contributed by atoms with van der Waals surface area (Å²) in [5, 5.41) is 8.36. The van der Waals surface area contributed by atoms with Crippen molar-refractivity contribution in [2.75, 3.05) is 0 Å². The predicted molar refractivity (Wildman–Crippen MR) is 48.1 cm³/mol. The van der Waals surface area contributed by atoms with Crippen LogP contribution in [0.25, 0.3) is 0 Å². The topological polar surface area (TPSA) is 23.8 Å². The second-order valence-electron chi connectivity index (χ2n) is 3.55. The van der Waals surface area contributed by atoms with Gasteiger partial charge < -0.3 is 0 Å². The second-order valence-corrected chi connectivity index (χ2v) is 3.55. The lowest BCUT2D eigenvalue weighted by Gasteiger charge is -2.13. The van der Waals surface area contributed by atoms with Crippen molar-refractivity contribution in [1.29, 1.82) is 5.26 Å². The van der Waals surface area contributed by atoms with Crippen molar-refractivity contribution in [3.63, 3.8) is 0 Å². The van der Waals surface area contributed by atoms with Crippen LogP contribution < -0.4 is 0 Å². The van der Waals surface area contributed by atoms with Crippen LogP contribution in [0.4, 0.5) is 0 Å². The van der Waals surface area contributed by atoms with Crippen molar-refractivity contribution in [2.45, 2.75) is 46.5 Å². The molecule has 1 nitrogen and oxygen atoms in total. The SMILES string of the molecule is CCC(C)CC(C)CCC#N. The molecule has 0 spiro atoms. The summed E-state index contributed by atoms with van der Waals surface area (Å²) in [4.78, 5) is 0. The second kappa shape index (κ2) is 6.22. The van der Waals surface area contributed by atoms with E-state index in [4.69, 9.17) is 5.26 Å². The summed E-state index contributed by atoms with van der Waals surface area (Å²) in [5.74, 6) is 1.55. The van der Waals surface area contributed by atoms with Gasteiger partial charge in [0.25, 0.3) is 0 Å². The van der Waals surface area contributed by atoms with Crippen LogP contribution in [0, 0.1) is 23.2 Å². The largest absolute Gasteiger partial charge is 0.198 e. The number of hydrogen-bond acceptors (Lipinski definition) is 1. The zero-order valence-electron chi connectivity index (χ0n) is 7.93. The minimum absolute atomic E-state index is 0.720. The van der Waals surface area contributed by atoms with Crippen LogP contribution in [0.2, 0.25) is 0 Å². The van der Waals surface area contributed by atoms with Gasteiger partial charge in [-0.3, -0.25) is 0 Å². The van der Waals surface area contributed by atoms with Crippen LogP contribution in [0.15, 0.2) is 0 Å². The molecule has 0 radical (unpaired) electrons. The Bertz CT molecular complexity index is 123. The Morgan fingerprint density at radius 1 is 1.27 bits per heavy atom. The molecule has 2 unspecified atom stereocenters. The van der Waals surface area contributed by atoms with Gasteiger partial charge in [-0.2, -0.15) is 5.26 Å². The zero-order chi connectivity index (χ0) is 8.69. The highest BCUT2D eigenvalue weighted by Gasteiger charge is 2.05. The lowest BCUT2D eigenvalue weighted by molar-refractivity contribution is 0.390. The molecular formula is C10H19N. The van der Waals surface area contributed by atoms with Crippen molar-refractivity contribution in [3.8, 4) is 6.07 Å². The molecule has 64 valence electrons. The minimum Gasteiger partial charge on any atom is -0.198 e. The van der Waals surface area contributed by atoms with E-state index in [-0.39, 0.29) is 0 Å². The van der Waals surface area contributed by atoms with Crippen LogP contribution in [-0.2, 0) is 0 Å². The molecule has 0 aromatic rings. The third kappa shape index (κ3) is 5.91. The number of nitriles is 1. The van der Waals surface area contributed by atoms with E-state index in [1.54, 1.807) is 0 Å². The van der Waals surface area contributed by atoms with Crippen LogP contribution in [0.3, 0.4) is 0 Å². The Balaban J connectivity index is 3.37. The lowest BCUT2D eigenvalue weighted by Crippen LogP contribution is -2.01. The van der Waals surface area contributed by atoms with Crippen molar-refractivity contribution in [2.24, 2.45) is 11.8 Å². The van der Waals surface area contributed by atoms with Gasteiger partial charge in [0.05, 0.1) is 6.07 Å². The number of rotatable bonds is 5. The zero-order valence-corrected chi connectivity index (χ0v) is 7.93. The maximum Gasteiger partial charge on any atom is 0.0621 e. The van der Waals surface area contributed by atoms with Gasteiger partial charge in [-0.1, -0.05) is 27.2 Å². The van der Waals surface area contributed by atoms with E-state index >= 15 is 0 Å². The molecule has 1 heteroatoms. The third-order valence-corrected chi connectivity index (χ3v) is 2.25. The Labute approximate surface area is 70.4 Å². The molecule has 0 aliphatic heterocycles. The normalized spacial score (nSPS) is 15.5. The van der Waals surface area contributed by atoms with Gasteiger partial charge in [-0.15, -0.1) is 0 Å². The summed E-state index contributed by atoms with van der Waals surface area (Å²) in [7, 11) is 0. The average Bonchev–Trinajstić information content (AvgIpc) is 2.00. The molecule has 0 aromatic carbocycles. The lowest BCUT2D eigenvalue weighted by atomic mass is 9.92. The van der Waals surface area contributed by atoms with E-state index in [0.717, 1.165) is 24.7 Å². The van der Waals surface area contributed by atoms with Gasteiger partial charge in [-0.25, -0.2) is 0 Å². The van der Waals surface area contributed by atoms with Crippen LogP contribution in [-0.4, -0.2) is 0 Å². The van der Waals surface area contributed by atoms with E-state index < -0.39 is 0 Å². The van der Waals surface area contributed by atoms with E-state index in [1.807, 2.05) is 0 Å². The summed E-state index contributed by atoms with van der Waals surface area (Å²) in [5.41, 5.74) is 0. The van der Waals surface area contributed by atoms with Gasteiger partial charge in [0.15, 0.2) is 0 Å². The first kappa shape index (κ1) is 10.5. The van der Waals surface area contributed by atoms with Crippen LogP contribution >= 0.6 is 0 Å². The molecule has 0 saturated heterocycles. The number of nitrogens with zero attached hydrogens (tertiary/aromatic N) is 1. The molecule has 0 N–H and O–H groups in total. The summed E-state index contributed by atoms with van der Waals surface area (Å²) in [6, 6.07) is 2.19. The Hall–Kier alpha value is -0.510. The molecule has 11 heavy (non-hydrogen) atoms. The fourth-order valence-electron chi connectivity index (χ4n) is 1.28. The Morgan fingerprint density at radius 2 is 1.91 bits per heavy atom. The maximum absolute atomic E-state index is 8.36. The molecule has 0 saturated carbocycles. The van der Waals surface area contributed by atoms with E-state index in [1.165, 1.54) is 12.8 Å². The first-order chi connectivity index (χ1) is 5.20. The first-order valence-corrected chi connectivity index (χ1v) is 4.57. The molecule has 2 atom stereocenters. The summed E-state index contributed by atoms with van der Waals surface area (Å²) in [6.45, 7) is 6.74. The highest BCUT2D eigenvalue weighted by atomic mass is 14.2. The van der Waals surface area contributed by atoms with Crippen LogP contribution in [0.1, 0.15) is 46.5 Å². The van der Waals surface area contributed by atoms with Gasteiger partial charge in [0.1, 0.15) is 0 Å². The Morgan fingerprint density at radius 3 is 2.36 bits per heavy atom. The summed E-state index contributed by atoms with van der Waals surface area (Å²) in [6.07, 6.45) is 4.33. The fourth-order valence-corrected chi connectivity index (χ4v) is 1.28. The van der Waals surface area contributed by atoms with Gasteiger partial charge in [-0.05, 0) is 24.7 Å². The molecule has 0 heterocycles. The maximum atomic E-state index is 8.36.